The molecule has 0 aromatic rings. The Morgan fingerprint density at radius 3 is 0.367 bits per heavy atom. The highest BCUT2D eigenvalue weighted by atomic mass is 35.6. The first-order chi connectivity index (χ1) is 25.1. The highest BCUT2D eigenvalue weighted by Gasteiger charge is 2.88. The van der Waals surface area contributed by atoms with Gasteiger partial charge < -0.3 is 5.11 Å². The van der Waals surface area contributed by atoms with Crippen molar-refractivity contribution in [2.75, 3.05) is 6.61 Å². The molecule has 0 heterocycles. The molecule has 0 spiro atoms. The SMILES string of the molecule is OCC(Cl)(Cl)C(Cl)(Cl)C(Cl)(Cl)C(Cl)(Cl)C(Cl)(Cl)C(Cl)(Cl)C(Cl)(Cl)C(Cl)(Cl)C(Cl)(Cl)C(Cl)(Cl)C(Cl)(Cl)C(Cl)(Cl)C(Cl)(Cl)C(Cl)(Cl)C(Cl)(Cl)C(Cl)(Cl)C(Cl)(Cl)C(Cl)(Cl)C(Cl)(Cl)Cl. The van der Waals surface area contributed by atoms with Gasteiger partial charge in [0.2, 0.25) is 8.13 Å². The number of rotatable bonds is 18. The highest BCUT2D eigenvalue weighted by molar-refractivity contribution is 6.86. The molecule has 0 saturated heterocycles. The Labute approximate surface area is 536 Å². The molecule has 0 aromatic heterocycles. The number of aliphatic hydroxyl groups excluding tert-OH is 1. The van der Waals surface area contributed by atoms with Gasteiger partial charge in [0, 0.05) is 0 Å². The Morgan fingerprint density at radius 2 is 0.267 bits per heavy atom. The van der Waals surface area contributed by atoms with Crippen molar-refractivity contribution >= 4 is 452 Å². The molecule has 1 N–H and O–H groups in total. The third-order valence-electron chi connectivity index (χ3n) is 7.32. The maximum atomic E-state index is 9.69. The van der Waals surface area contributed by atoms with Gasteiger partial charge in [0.25, 0.3) is 0 Å². The minimum Gasteiger partial charge on any atom is -0.393 e. The summed E-state index contributed by atoms with van der Waals surface area (Å²) in [4.78, 5) is 0. The molecule has 0 atom stereocenters. The van der Waals surface area contributed by atoms with Gasteiger partial charge in [-0.3, -0.25) is 0 Å². The first kappa shape index (κ1) is 71.3. The van der Waals surface area contributed by atoms with Crippen LogP contribution in [-0.2, 0) is 0 Å². The van der Waals surface area contributed by atoms with Crippen molar-refractivity contribution in [1.82, 2.24) is 0 Å². The van der Waals surface area contributed by atoms with E-state index in [0.29, 0.717) is 0 Å². The highest BCUT2D eigenvalue weighted by Crippen LogP contribution is 2.79. The van der Waals surface area contributed by atoms with E-state index in [2.05, 4.69) is 0 Å². The molecule has 0 amide bonds. The summed E-state index contributed by atoms with van der Waals surface area (Å²) in [5.74, 6) is 0. The summed E-state index contributed by atoms with van der Waals surface area (Å²) < 4.78 is -66.1. The minimum atomic E-state index is -3.76. The molecule has 0 aliphatic rings. The summed E-state index contributed by atoms with van der Waals surface area (Å²) >= 11 is 249. The van der Waals surface area contributed by atoms with Gasteiger partial charge in [-0.2, -0.15) is 0 Å². The normalized spacial score (nSPS) is 17.4. The molecule has 0 aliphatic carbocycles. The van der Waals surface area contributed by atoms with E-state index in [1.807, 2.05) is 0 Å². The maximum Gasteiger partial charge on any atom is 0.226 e. The van der Waals surface area contributed by atoms with Gasteiger partial charge in [-0.1, -0.05) is 452 Å². The van der Waals surface area contributed by atoms with Crippen LogP contribution in [0.2, 0.25) is 0 Å². The van der Waals surface area contributed by atoms with E-state index in [0.717, 1.165) is 0 Å². The Hall–Kier alpha value is 11.3. The molecule has 1 nitrogen and oxygen atoms in total. The van der Waals surface area contributed by atoms with Crippen molar-refractivity contribution in [1.29, 1.82) is 0 Å². The topological polar surface area (TPSA) is 20.2 Å². The van der Waals surface area contributed by atoms with Crippen LogP contribution in [0.1, 0.15) is 0 Å². The average Bonchev–Trinajstić information content (AvgIpc) is 3.02. The standard InChI is InChI=1S/C20H3Cl39O/c21-2(22,1-60)3(23,24)4(25,26)5(27,28)6(29,30)7(31,32)8(33,34)9(35,36)10(37,38)11(39,40)12(41,42)13(43,44)14(45,46)15(47,48)16(49,50)17(51,52)18(53,54)19(55,56)20(57,58)59/h60H,1H2. The Bertz CT molecular complexity index is 1550. The van der Waals surface area contributed by atoms with E-state index in [4.69, 9.17) is 452 Å². The summed E-state index contributed by atoms with van der Waals surface area (Å²) in [7, 11) is 0. The average molecular weight is 1640 g/mol. The van der Waals surface area contributed by atoms with Crippen molar-refractivity contribution < 1.29 is 5.11 Å². The first-order valence-electron chi connectivity index (χ1n) is 12.5. The van der Waals surface area contributed by atoms with Crippen LogP contribution in [-0.4, -0.2) is 93.5 Å². The van der Waals surface area contributed by atoms with E-state index in [1.54, 1.807) is 0 Å². The molecule has 0 aliphatic heterocycles. The number of alkyl halides is 39. The number of hydrogen-bond donors (Lipinski definition) is 1. The summed E-state index contributed by atoms with van der Waals surface area (Å²) in [6.07, 6.45) is 0. The van der Waals surface area contributed by atoms with E-state index in [1.165, 1.54) is 0 Å². The second-order valence-corrected chi connectivity index (χ2v) is 37.5. The monoisotopic (exact) mass is 1620 g/mol. The largest absolute Gasteiger partial charge is 0.393 e. The van der Waals surface area contributed by atoms with Crippen molar-refractivity contribution in [3.8, 4) is 0 Å². The van der Waals surface area contributed by atoms with Gasteiger partial charge in [-0.05, 0) is 0 Å². The number of halogens is 39. The fourth-order valence-electron chi connectivity index (χ4n) is 3.46. The van der Waals surface area contributed by atoms with E-state index >= 15 is 0 Å². The van der Waals surface area contributed by atoms with Crippen LogP contribution in [0, 0.1) is 0 Å². The zero-order valence-corrected chi connectivity index (χ0v) is 54.9. The molecular weight excluding hydrogens is 1640 g/mol. The van der Waals surface area contributed by atoms with Gasteiger partial charge in [0.05, 0.1) is 6.61 Å². The maximum absolute atomic E-state index is 9.69. The van der Waals surface area contributed by atoms with Crippen molar-refractivity contribution in [2.45, 2.75) is 81.8 Å². The number of hydrogen-bond acceptors (Lipinski definition) is 1. The lowest BCUT2D eigenvalue weighted by molar-refractivity contribution is 0.261. The molecule has 0 rings (SSSR count). The third-order valence-corrected chi connectivity index (χ3v) is 35.5. The second-order valence-electron chi connectivity index (χ2n) is 11.1. The lowest BCUT2D eigenvalue weighted by atomic mass is 9.96. The zero-order chi connectivity index (χ0) is 50.2. The third kappa shape index (κ3) is 10.4. The molecule has 0 unspecified atom stereocenters. The van der Waals surface area contributed by atoms with Crippen molar-refractivity contribution in [3.05, 3.63) is 0 Å². The summed E-state index contributed by atoms with van der Waals surface area (Å²) in [6.45, 7) is -1.30. The van der Waals surface area contributed by atoms with Crippen LogP contribution in [0.15, 0.2) is 0 Å². The lowest BCUT2D eigenvalue weighted by Crippen LogP contribution is -2.76. The summed E-state index contributed by atoms with van der Waals surface area (Å²) in [5.41, 5.74) is 0. The fourth-order valence-corrected chi connectivity index (χ4v) is 16.8. The van der Waals surface area contributed by atoms with Crippen molar-refractivity contribution in [3.63, 3.8) is 0 Å². The van der Waals surface area contributed by atoms with Gasteiger partial charge >= 0.3 is 0 Å². The molecule has 60 heavy (non-hydrogen) atoms. The zero-order valence-electron chi connectivity index (χ0n) is 25.4. The van der Waals surface area contributed by atoms with Crippen LogP contribution >= 0.6 is 452 Å². The Kier molecular flexibility index (Phi) is 25.1. The van der Waals surface area contributed by atoms with Crippen LogP contribution in [0.5, 0.6) is 0 Å². The van der Waals surface area contributed by atoms with Crippen LogP contribution in [0.25, 0.3) is 0 Å². The predicted octanol–water partition coefficient (Wildman–Crippen LogP) is 22.5. The van der Waals surface area contributed by atoms with Gasteiger partial charge in [0.1, 0.15) is 0 Å². The molecule has 0 radical (unpaired) electrons. The molecule has 0 bridgehead atoms. The lowest BCUT2D eigenvalue weighted by Gasteiger charge is -2.59. The van der Waals surface area contributed by atoms with E-state index in [9.17, 15) is 5.11 Å². The Morgan fingerprint density at radius 1 is 0.167 bits per heavy atom. The van der Waals surface area contributed by atoms with Gasteiger partial charge in [-0.25, -0.2) is 0 Å². The molecule has 362 valence electrons. The quantitative estimate of drug-likeness (QED) is 0.136. The summed E-state index contributed by atoms with van der Waals surface area (Å²) in [5, 5.41) is 9.69. The number of aliphatic hydroxyl groups is 1. The van der Waals surface area contributed by atoms with Crippen molar-refractivity contribution in [2.24, 2.45) is 0 Å². The van der Waals surface area contributed by atoms with Crippen LogP contribution in [0.4, 0.5) is 0 Å². The molecule has 0 aromatic carbocycles. The minimum absolute atomic E-state index is 1.30. The molecule has 40 heteroatoms. The Balaban J connectivity index is 7.93. The van der Waals surface area contributed by atoms with Gasteiger partial charge in [0.15, 0.2) is 73.7 Å². The van der Waals surface area contributed by atoms with Crippen LogP contribution < -0.4 is 0 Å². The summed E-state index contributed by atoms with van der Waals surface area (Å²) in [6, 6.07) is 0. The first-order valence-corrected chi connectivity index (χ1v) is 27.3. The molecule has 0 saturated carbocycles. The van der Waals surface area contributed by atoms with E-state index in [-0.39, 0.29) is 0 Å². The second kappa shape index (κ2) is 21.1. The molecular formula is C20H3Cl39O. The smallest absolute Gasteiger partial charge is 0.226 e. The predicted molar refractivity (Wildman–Crippen MR) is 287 cm³/mol. The van der Waals surface area contributed by atoms with E-state index < -0.39 is 88.4 Å². The van der Waals surface area contributed by atoms with Gasteiger partial charge in [-0.15, -0.1) is 0 Å². The fraction of sp³-hybridized carbons (Fsp3) is 1.00. The molecule has 0 fully saturated rings. The van der Waals surface area contributed by atoms with Crippen LogP contribution in [0.3, 0.4) is 0 Å².